The number of alkyl halides is 6. The van der Waals surface area contributed by atoms with Crippen LogP contribution < -0.4 is 5.32 Å². The summed E-state index contributed by atoms with van der Waals surface area (Å²) in [5.74, 6) is -2.94. The zero-order valence-electron chi connectivity index (χ0n) is 13.1. The quantitative estimate of drug-likeness (QED) is 0.771. The fourth-order valence-electron chi connectivity index (χ4n) is 2.02. The van der Waals surface area contributed by atoms with E-state index in [2.05, 4.69) is 0 Å². The Labute approximate surface area is 138 Å². The molecule has 1 aromatic carbocycles. The van der Waals surface area contributed by atoms with Crippen molar-refractivity contribution < 1.29 is 41.0 Å². The number of hydrogen-bond donors (Lipinski definition) is 2. The van der Waals surface area contributed by atoms with E-state index in [1.165, 1.54) is 0 Å². The number of carbonyl (C=O) groups excluding carboxylic acids is 1. The highest BCUT2D eigenvalue weighted by Crippen LogP contribution is 2.36. The Morgan fingerprint density at radius 1 is 1.00 bits per heavy atom. The normalized spacial score (nSPS) is 13.6. The molecule has 1 atom stereocenters. The molecule has 25 heavy (non-hydrogen) atoms. The number of carboxylic acid groups (broad SMARTS) is 1. The molecule has 0 saturated heterocycles. The molecule has 1 rings (SSSR count). The molecule has 0 aliphatic rings. The average molecular weight is 371 g/mol. The molecule has 1 aromatic rings. The fraction of sp³-hybridized carbons (Fsp3) is 0.467. The Morgan fingerprint density at radius 2 is 1.44 bits per heavy atom. The van der Waals surface area contributed by atoms with E-state index in [1.54, 1.807) is 13.8 Å². The number of carboxylic acids is 1. The summed E-state index contributed by atoms with van der Waals surface area (Å²) in [6, 6.07) is -1.05. The number of carbonyl (C=O) groups is 2. The number of benzene rings is 1. The molecule has 1 amide bonds. The van der Waals surface area contributed by atoms with Gasteiger partial charge in [0.2, 0.25) is 0 Å². The van der Waals surface area contributed by atoms with Gasteiger partial charge in [0, 0.05) is 5.56 Å². The summed E-state index contributed by atoms with van der Waals surface area (Å²) in [4.78, 5) is 23.1. The van der Waals surface area contributed by atoms with Crippen molar-refractivity contribution in [2.24, 2.45) is 5.92 Å². The minimum atomic E-state index is -5.10. The van der Waals surface area contributed by atoms with Gasteiger partial charge in [0.1, 0.15) is 6.04 Å². The van der Waals surface area contributed by atoms with Crippen LogP contribution in [-0.2, 0) is 17.1 Å². The third kappa shape index (κ3) is 5.95. The first kappa shape index (κ1) is 20.8. The molecule has 0 aromatic heterocycles. The van der Waals surface area contributed by atoms with Gasteiger partial charge in [-0.1, -0.05) is 13.8 Å². The van der Waals surface area contributed by atoms with Gasteiger partial charge in [-0.05, 0) is 30.5 Å². The van der Waals surface area contributed by atoms with Crippen molar-refractivity contribution in [1.82, 2.24) is 5.32 Å². The molecule has 0 unspecified atom stereocenters. The van der Waals surface area contributed by atoms with Crippen molar-refractivity contribution in [3.05, 3.63) is 34.9 Å². The first-order valence-electron chi connectivity index (χ1n) is 7.05. The molecular formula is C15H15F6NO3. The van der Waals surface area contributed by atoms with Gasteiger partial charge >= 0.3 is 18.3 Å². The summed E-state index contributed by atoms with van der Waals surface area (Å²) >= 11 is 0. The molecular weight excluding hydrogens is 356 g/mol. The van der Waals surface area contributed by atoms with E-state index < -0.39 is 47.0 Å². The molecule has 0 aliphatic heterocycles. The molecule has 0 bridgehead atoms. The predicted molar refractivity (Wildman–Crippen MR) is 74.8 cm³/mol. The Bertz CT molecular complexity index is 619. The van der Waals surface area contributed by atoms with Crippen LogP contribution in [0.5, 0.6) is 0 Å². The highest BCUT2D eigenvalue weighted by Gasteiger charge is 2.37. The first-order chi connectivity index (χ1) is 11.2. The SMILES string of the molecule is CC(C)C[C@H](NC(=O)c1cc(C(F)(F)F)cc(C(F)(F)F)c1)C(=O)O. The van der Waals surface area contributed by atoms with Gasteiger partial charge in [-0.25, -0.2) is 4.79 Å². The zero-order chi connectivity index (χ0) is 19.6. The van der Waals surface area contributed by atoms with E-state index in [0.717, 1.165) is 0 Å². The van der Waals surface area contributed by atoms with Gasteiger partial charge in [-0.15, -0.1) is 0 Å². The second-order valence-electron chi connectivity index (χ2n) is 5.79. The minimum Gasteiger partial charge on any atom is -0.480 e. The van der Waals surface area contributed by atoms with E-state index in [0.29, 0.717) is 0 Å². The van der Waals surface area contributed by atoms with Crippen molar-refractivity contribution in [2.45, 2.75) is 38.7 Å². The number of aliphatic carboxylic acids is 1. The van der Waals surface area contributed by atoms with E-state index in [1.807, 2.05) is 5.32 Å². The lowest BCUT2D eigenvalue weighted by Crippen LogP contribution is -2.41. The number of hydrogen-bond acceptors (Lipinski definition) is 2. The van der Waals surface area contributed by atoms with Crippen molar-refractivity contribution >= 4 is 11.9 Å². The van der Waals surface area contributed by atoms with Crippen LogP contribution in [0.4, 0.5) is 26.3 Å². The summed E-state index contributed by atoms with van der Waals surface area (Å²) in [5.41, 5.74) is -4.22. The summed E-state index contributed by atoms with van der Waals surface area (Å²) < 4.78 is 76.6. The molecule has 0 spiro atoms. The average Bonchev–Trinajstić information content (AvgIpc) is 2.43. The van der Waals surface area contributed by atoms with Crippen LogP contribution in [0, 0.1) is 5.92 Å². The van der Waals surface area contributed by atoms with Gasteiger partial charge in [-0.3, -0.25) is 4.79 Å². The number of nitrogens with one attached hydrogen (secondary N) is 1. The standard InChI is InChI=1S/C15H15F6NO3/c1-7(2)3-11(13(24)25)22-12(23)8-4-9(14(16,17)18)6-10(5-8)15(19,20)21/h4-7,11H,3H2,1-2H3,(H,22,23)(H,24,25)/t11-/m0/s1. The lowest BCUT2D eigenvalue weighted by atomic mass is 10.0. The van der Waals surface area contributed by atoms with Gasteiger partial charge in [0.05, 0.1) is 11.1 Å². The van der Waals surface area contributed by atoms with Crippen LogP contribution in [0.15, 0.2) is 18.2 Å². The fourth-order valence-corrected chi connectivity index (χ4v) is 2.02. The summed E-state index contributed by atoms with van der Waals surface area (Å²) in [6.07, 6.45) is -10.2. The van der Waals surface area contributed by atoms with Crippen LogP contribution in [0.2, 0.25) is 0 Å². The molecule has 0 radical (unpaired) electrons. The Hall–Kier alpha value is -2.26. The molecule has 0 aliphatic carbocycles. The lowest BCUT2D eigenvalue weighted by molar-refractivity contribution is -0.143. The summed E-state index contributed by atoms with van der Waals surface area (Å²) in [6.45, 7) is 3.29. The van der Waals surface area contributed by atoms with E-state index in [4.69, 9.17) is 5.11 Å². The van der Waals surface area contributed by atoms with Gasteiger partial charge in [0.15, 0.2) is 0 Å². The van der Waals surface area contributed by atoms with Crippen molar-refractivity contribution in [3.8, 4) is 0 Å². The predicted octanol–water partition coefficient (Wildman–Crippen LogP) is 3.95. The van der Waals surface area contributed by atoms with E-state index >= 15 is 0 Å². The Balaban J connectivity index is 3.26. The summed E-state index contributed by atoms with van der Waals surface area (Å²) in [5, 5.41) is 11.0. The number of halogens is 6. The van der Waals surface area contributed by atoms with E-state index in [-0.39, 0.29) is 30.5 Å². The van der Waals surface area contributed by atoms with E-state index in [9.17, 15) is 35.9 Å². The summed E-state index contributed by atoms with van der Waals surface area (Å²) in [7, 11) is 0. The first-order valence-corrected chi connectivity index (χ1v) is 7.05. The maximum absolute atomic E-state index is 12.8. The molecule has 140 valence electrons. The van der Waals surface area contributed by atoms with Crippen molar-refractivity contribution in [1.29, 1.82) is 0 Å². The second kappa shape index (κ2) is 7.32. The maximum Gasteiger partial charge on any atom is 0.416 e. The Kier molecular flexibility index (Phi) is 6.09. The van der Waals surface area contributed by atoms with Crippen LogP contribution in [0.1, 0.15) is 41.8 Å². The molecule has 4 nitrogen and oxygen atoms in total. The largest absolute Gasteiger partial charge is 0.480 e. The number of amides is 1. The Morgan fingerprint density at radius 3 is 1.76 bits per heavy atom. The second-order valence-corrected chi connectivity index (χ2v) is 5.79. The van der Waals surface area contributed by atoms with Gasteiger partial charge in [0.25, 0.3) is 5.91 Å². The highest BCUT2D eigenvalue weighted by molar-refractivity contribution is 5.97. The van der Waals surface area contributed by atoms with Crippen molar-refractivity contribution in [3.63, 3.8) is 0 Å². The monoisotopic (exact) mass is 371 g/mol. The maximum atomic E-state index is 12.8. The minimum absolute atomic E-state index is 0.0356. The smallest absolute Gasteiger partial charge is 0.416 e. The van der Waals surface area contributed by atoms with Crippen molar-refractivity contribution in [2.75, 3.05) is 0 Å². The van der Waals surface area contributed by atoms with Gasteiger partial charge in [-0.2, -0.15) is 26.3 Å². The lowest BCUT2D eigenvalue weighted by Gasteiger charge is -2.18. The molecule has 2 N–H and O–H groups in total. The highest BCUT2D eigenvalue weighted by atomic mass is 19.4. The molecule has 0 fully saturated rings. The zero-order valence-corrected chi connectivity index (χ0v) is 13.1. The molecule has 10 heteroatoms. The van der Waals surface area contributed by atoms with Crippen LogP contribution >= 0.6 is 0 Å². The molecule has 0 saturated carbocycles. The topological polar surface area (TPSA) is 66.4 Å². The van der Waals surface area contributed by atoms with Crippen LogP contribution in [0.25, 0.3) is 0 Å². The molecule has 0 heterocycles. The third-order valence-electron chi connectivity index (χ3n) is 3.16. The van der Waals surface area contributed by atoms with Crippen LogP contribution in [-0.4, -0.2) is 23.0 Å². The number of rotatable bonds is 5. The van der Waals surface area contributed by atoms with Gasteiger partial charge < -0.3 is 10.4 Å². The third-order valence-corrected chi connectivity index (χ3v) is 3.16. The van der Waals surface area contributed by atoms with Crippen LogP contribution in [0.3, 0.4) is 0 Å².